The lowest BCUT2D eigenvalue weighted by atomic mass is 9.89. The summed E-state index contributed by atoms with van der Waals surface area (Å²) in [4.78, 5) is 16.8. The van der Waals surface area contributed by atoms with E-state index in [0.29, 0.717) is 17.0 Å². The first-order chi connectivity index (χ1) is 16.1. The predicted octanol–water partition coefficient (Wildman–Crippen LogP) is 6.16. The van der Waals surface area contributed by atoms with Crippen LogP contribution in [0, 0.1) is 0 Å². The number of carbonyl (C=O) groups excluding carboxylic acids is 1. The summed E-state index contributed by atoms with van der Waals surface area (Å²) in [6.45, 7) is -0.0321. The fraction of sp³-hybridized carbons (Fsp3) is 0.143. The van der Waals surface area contributed by atoms with E-state index in [1.54, 1.807) is 6.07 Å². The molecular weight excluding hydrogens is 434 g/mol. The lowest BCUT2D eigenvalue weighted by Crippen LogP contribution is -2.12. The molecular formula is C28H24ClNO3. The van der Waals surface area contributed by atoms with Crippen molar-refractivity contribution in [3.63, 3.8) is 0 Å². The number of nitrogens with zero attached hydrogens (tertiary/aromatic N) is 1. The van der Waals surface area contributed by atoms with Crippen LogP contribution in [0.2, 0.25) is 5.02 Å². The number of pyridine rings is 1. The summed E-state index contributed by atoms with van der Waals surface area (Å²) in [5.74, 6) is -0.520. The van der Waals surface area contributed by atoms with Crippen molar-refractivity contribution in [2.45, 2.75) is 12.3 Å². The van der Waals surface area contributed by atoms with Crippen molar-refractivity contribution in [1.29, 1.82) is 0 Å². The Hall–Kier alpha value is -3.47. The minimum absolute atomic E-state index is 0.0321. The Morgan fingerprint density at radius 2 is 1.85 bits per heavy atom. The van der Waals surface area contributed by atoms with Gasteiger partial charge in [-0.15, -0.1) is 0 Å². The molecule has 0 saturated heterocycles. The molecule has 0 aliphatic carbocycles. The van der Waals surface area contributed by atoms with Gasteiger partial charge in [0, 0.05) is 16.3 Å². The number of fused-ring (bicyclic) bond motifs is 1. The van der Waals surface area contributed by atoms with Gasteiger partial charge in [0.05, 0.1) is 30.5 Å². The first kappa shape index (κ1) is 22.7. The number of aliphatic hydroxyl groups is 1. The van der Waals surface area contributed by atoms with Crippen molar-refractivity contribution in [1.82, 2.24) is 4.98 Å². The minimum atomic E-state index is -0.372. The zero-order chi connectivity index (χ0) is 23.2. The largest absolute Gasteiger partial charge is 0.465 e. The summed E-state index contributed by atoms with van der Waals surface area (Å²) < 4.78 is 4.90. The molecule has 3 aromatic carbocycles. The quantitative estimate of drug-likeness (QED) is 0.337. The van der Waals surface area contributed by atoms with E-state index in [0.717, 1.165) is 33.3 Å². The molecule has 1 N–H and O–H groups in total. The van der Waals surface area contributed by atoms with Crippen LogP contribution in [0.5, 0.6) is 0 Å². The van der Waals surface area contributed by atoms with Gasteiger partial charge in [-0.2, -0.15) is 0 Å². The number of methoxy groups -OCH3 is 1. The number of carbonyl (C=O) groups is 1. The molecule has 4 rings (SSSR count). The first-order valence-corrected chi connectivity index (χ1v) is 11.1. The Labute approximate surface area is 198 Å². The van der Waals surface area contributed by atoms with Gasteiger partial charge in [0.25, 0.3) is 0 Å². The maximum atomic E-state index is 12.1. The summed E-state index contributed by atoms with van der Waals surface area (Å²) >= 11 is 6.09. The van der Waals surface area contributed by atoms with Gasteiger partial charge < -0.3 is 9.84 Å². The number of ether oxygens (including phenoxy) is 1. The van der Waals surface area contributed by atoms with Crippen LogP contribution < -0.4 is 0 Å². The third-order valence-electron chi connectivity index (χ3n) is 5.61. The second-order valence-corrected chi connectivity index (χ2v) is 8.25. The molecule has 0 saturated carbocycles. The Bertz CT molecular complexity index is 1320. The van der Waals surface area contributed by atoms with E-state index >= 15 is 0 Å². The molecule has 0 aliphatic rings. The lowest BCUT2D eigenvalue weighted by molar-refractivity contribution is 0.0599. The molecule has 4 nitrogen and oxygen atoms in total. The molecule has 1 atom stereocenters. The van der Waals surface area contributed by atoms with E-state index in [-0.39, 0.29) is 18.5 Å². The molecule has 0 aliphatic heterocycles. The van der Waals surface area contributed by atoms with E-state index in [1.807, 2.05) is 78.9 Å². The van der Waals surface area contributed by atoms with E-state index in [4.69, 9.17) is 16.3 Å². The summed E-state index contributed by atoms with van der Waals surface area (Å²) in [6, 6.07) is 25.0. The monoisotopic (exact) mass is 457 g/mol. The molecule has 0 spiro atoms. The van der Waals surface area contributed by atoms with Gasteiger partial charge in [-0.3, -0.25) is 0 Å². The van der Waals surface area contributed by atoms with Crippen LogP contribution in [0.1, 0.15) is 38.7 Å². The molecule has 0 bridgehead atoms. The SMILES string of the molecule is COC(=O)c1ccccc1C[C@H](CO)c1cccc(/C=C/c2ccc3ccc(Cl)cc3n2)c1. The van der Waals surface area contributed by atoms with Crippen LogP contribution in [0.25, 0.3) is 23.1 Å². The molecule has 33 heavy (non-hydrogen) atoms. The van der Waals surface area contributed by atoms with E-state index < -0.39 is 0 Å². The molecule has 0 unspecified atom stereocenters. The summed E-state index contributed by atoms with van der Waals surface area (Å²) in [6.07, 6.45) is 4.49. The van der Waals surface area contributed by atoms with Crippen molar-refractivity contribution in [2.75, 3.05) is 13.7 Å². The summed E-state index contributed by atoms with van der Waals surface area (Å²) in [5, 5.41) is 11.8. The van der Waals surface area contributed by atoms with Crippen LogP contribution in [0.3, 0.4) is 0 Å². The standard InChI is InChI=1S/C28H24ClNO3/c1-33-28(32)26-8-3-2-6-22(26)16-23(18-31)21-7-4-5-19(15-21)9-13-25-14-11-20-10-12-24(29)17-27(20)30-25/h2-15,17,23,31H,16,18H2,1H3/b13-9+/t23-/m1/s1. The molecule has 0 fully saturated rings. The smallest absolute Gasteiger partial charge is 0.338 e. The first-order valence-electron chi connectivity index (χ1n) is 10.7. The molecule has 1 heterocycles. The maximum Gasteiger partial charge on any atom is 0.338 e. The number of hydrogen-bond acceptors (Lipinski definition) is 4. The molecule has 0 amide bonds. The van der Waals surface area contributed by atoms with E-state index in [9.17, 15) is 9.90 Å². The van der Waals surface area contributed by atoms with Crippen molar-refractivity contribution in [3.05, 3.63) is 112 Å². The highest BCUT2D eigenvalue weighted by atomic mass is 35.5. The van der Waals surface area contributed by atoms with Crippen molar-refractivity contribution >= 4 is 40.6 Å². The van der Waals surface area contributed by atoms with Crippen LogP contribution in [0.4, 0.5) is 0 Å². The Kier molecular flexibility index (Phi) is 7.18. The molecule has 166 valence electrons. The molecule has 1 aromatic heterocycles. The molecule has 5 heteroatoms. The van der Waals surface area contributed by atoms with Gasteiger partial charge >= 0.3 is 5.97 Å². The second-order valence-electron chi connectivity index (χ2n) is 7.81. The Balaban J connectivity index is 1.56. The molecule has 4 aromatic rings. The highest BCUT2D eigenvalue weighted by Gasteiger charge is 2.17. The number of halogens is 1. The number of aromatic nitrogens is 1. The minimum Gasteiger partial charge on any atom is -0.465 e. The van der Waals surface area contributed by atoms with Gasteiger partial charge in [-0.25, -0.2) is 9.78 Å². The van der Waals surface area contributed by atoms with Crippen LogP contribution in [-0.4, -0.2) is 29.8 Å². The van der Waals surface area contributed by atoms with E-state index in [1.165, 1.54) is 7.11 Å². The predicted molar refractivity (Wildman–Crippen MR) is 133 cm³/mol. The summed E-state index contributed by atoms with van der Waals surface area (Å²) in [7, 11) is 1.37. The second kappa shape index (κ2) is 10.4. The molecule has 0 radical (unpaired) electrons. The third-order valence-corrected chi connectivity index (χ3v) is 5.85. The number of aliphatic hydroxyl groups excluding tert-OH is 1. The fourth-order valence-corrected chi connectivity index (χ4v) is 4.02. The third kappa shape index (κ3) is 5.48. The maximum absolute atomic E-state index is 12.1. The van der Waals surface area contributed by atoms with Gasteiger partial charge in [0.2, 0.25) is 0 Å². The number of rotatable bonds is 7. The average Bonchev–Trinajstić information content (AvgIpc) is 2.85. The van der Waals surface area contributed by atoms with Crippen LogP contribution >= 0.6 is 11.6 Å². The van der Waals surface area contributed by atoms with Gasteiger partial charge in [0.1, 0.15) is 0 Å². The van der Waals surface area contributed by atoms with Crippen LogP contribution in [-0.2, 0) is 11.2 Å². The fourth-order valence-electron chi connectivity index (χ4n) is 3.86. The Morgan fingerprint density at radius 1 is 1.03 bits per heavy atom. The topological polar surface area (TPSA) is 59.4 Å². The van der Waals surface area contributed by atoms with Crippen molar-refractivity contribution in [3.8, 4) is 0 Å². The van der Waals surface area contributed by atoms with Crippen LogP contribution in [0.15, 0.2) is 78.9 Å². The zero-order valence-corrected chi connectivity index (χ0v) is 19.0. The number of esters is 1. The van der Waals surface area contributed by atoms with Gasteiger partial charge in [-0.1, -0.05) is 72.3 Å². The average molecular weight is 458 g/mol. The number of hydrogen-bond donors (Lipinski definition) is 1. The van der Waals surface area contributed by atoms with Crippen molar-refractivity contribution in [2.24, 2.45) is 0 Å². The van der Waals surface area contributed by atoms with Crippen molar-refractivity contribution < 1.29 is 14.6 Å². The summed E-state index contributed by atoms with van der Waals surface area (Å²) in [5.41, 5.74) is 5.06. The lowest BCUT2D eigenvalue weighted by Gasteiger charge is -2.17. The highest BCUT2D eigenvalue weighted by Crippen LogP contribution is 2.25. The highest BCUT2D eigenvalue weighted by molar-refractivity contribution is 6.31. The normalized spacial score (nSPS) is 12.2. The van der Waals surface area contributed by atoms with Gasteiger partial charge in [-0.05, 0) is 53.5 Å². The van der Waals surface area contributed by atoms with E-state index in [2.05, 4.69) is 11.1 Å². The Morgan fingerprint density at radius 3 is 2.67 bits per heavy atom. The number of benzene rings is 3. The zero-order valence-electron chi connectivity index (χ0n) is 18.2. The van der Waals surface area contributed by atoms with Gasteiger partial charge in [0.15, 0.2) is 0 Å².